The molecule has 0 radical (unpaired) electrons. The Balaban J connectivity index is 1.56. The number of pyridine rings is 1. The lowest BCUT2D eigenvalue weighted by atomic mass is 9.98. The number of hydrogen-bond donors (Lipinski definition) is 2. The van der Waals surface area contributed by atoms with Gasteiger partial charge in [-0.1, -0.05) is 12.1 Å². The van der Waals surface area contributed by atoms with Crippen molar-refractivity contribution in [2.45, 2.75) is 17.7 Å². The third-order valence-corrected chi connectivity index (χ3v) is 6.69. The summed E-state index contributed by atoms with van der Waals surface area (Å²) in [6, 6.07) is 10.0. The van der Waals surface area contributed by atoms with Gasteiger partial charge >= 0.3 is 6.09 Å². The van der Waals surface area contributed by atoms with Crippen molar-refractivity contribution >= 4 is 15.9 Å². The molecule has 1 fully saturated rings. The monoisotopic (exact) mass is 420 g/mol. The molecule has 29 heavy (non-hydrogen) atoms. The fourth-order valence-electron chi connectivity index (χ4n) is 3.21. The Bertz CT molecular complexity index is 920. The van der Waals surface area contributed by atoms with E-state index in [1.807, 2.05) is 6.07 Å². The van der Waals surface area contributed by atoms with E-state index in [-0.39, 0.29) is 10.6 Å². The molecule has 0 saturated carbocycles. The fourth-order valence-corrected chi connectivity index (χ4v) is 4.24. The molecule has 1 saturated heterocycles. The number of carbonyl (C=O) groups is 1. The van der Waals surface area contributed by atoms with Gasteiger partial charge in [0.1, 0.15) is 5.75 Å². The highest BCUT2D eigenvalue weighted by Gasteiger charge is 2.22. The Kier molecular flexibility index (Phi) is 6.71. The van der Waals surface area contributed by atoms with Gasteiger partial charge < -0.3 is 19.8 Å². The molecule has 8 nitrogen and oxygen atoms in total. The molecule has 0 atom stereocenters. The number of likely N-dealkylation sites (tertiary alicyclic amines) is 1. The van der Waals surface area contributed by atoms with Crippen LogP contribution in [0.2, 0.25) is 0 Å². The number of rotatable bonds is 7. The summed E-state index contributed by atoms with van der Waals surface area (Å²) in [5, 5.41) is 17.8. The molecule has 1 aliphatic rings. The van der Waals surface area contributed by atoms with E-state index >= 15 is 0 Å². The number of carboxylic acid groups (broad SMARTS) is 1. The average molecular weight is 420 g/mol. The first-order valence-electron chi connectivity index (χ1n) is 9.40. The summed E-state index contributed by atoms with van der Waals surface area (Å²) < 4.78 is 29.7. The van der Waals surface area contributed by atoms with Gasteiger partial charge in [0, 0.05) is 18.7 Å². The lowest BCUT2D eigenvalue weighted by molar-refractivity contribution is 0.111. The molecule has 1 aromatic heterocycles. The molecule has 3 rings (SSSR count). The van der Waals surface area contributed by atoms with Gasteiger partial charge in [0.25, 0.3) is 0 Å². The van der Waals surface area contributed by atoms with Crippen molar-refractivity contribution in [2.24, 2.45) is 5.92 Å². The maximum atomic E-state index is 12.0. The molecule has 0 spiro atoms. The zero-order valence-corrected chi connectivity index (χ0v) is 16.7. The first-order chi connectivity index (χ1) is 13.9. The van der Waals surface area contributed by atoms with Crippen LogP contribution in [0.4, 0.5) is 4.79 Å². The van der Waals surface area contributed by atoms with Crippen LogP contribution in [0, 0.1) is 5.92 Å². The summed E-state index contributed by atoms with van der Waals surface area (Å²) in [6.07, 6.45) is 2.31. The number of aliphatic hydroxyl groups excluding tert-OH is 1. The van der Waals surface area contributed by atoms with Gasteiger partial charge in [0.2, 0.25) is 0 Å². The minimum absolute atomic E-state index is 0.171. The maximum absolute atomic E-state index is 12.0. The van der Waals surface area contributed by atoms with E-state index in [2.05, 4.69) is 4.98 Å². The zero-order valence-electron chi connectivity index (χ0n) is 15.9. The van der Waals surface area contributed by atoms with Crippen molar-refractivity contribution in [1.29, 1.82) is 0 Å². The van der Waals surface area contributed by atoms with Gasteiger partial charge in [-0.3, -0.25) is 4.98 Å². The number of amides is 1. The Morgan fingerprint density at radius 3 is 2.38 bits per heavy atom. The van der Waals surface area contributed by atoms with E-state index in [1.54, 1.807) is 24.4 Å². The van der Waals surface area contributed by atoms with E-state index in [4.69, 9.17) is 14.9 Å². The SMILES string of the molecule is O=C(O)N1CCC(COc2ccc(-c3ccc(S(=O)(=O)CCO)cc3)nc2)CC1. The highest BCUT2D eigenvalue weighted by molar-refractivity contribution is 7.91. The normalized spacial score (nSPS) is 15.3. The van der Waals surface area contributed by atoms with Crippen LogP contribution in [0.5, 0.6) is 5.75 Å². The second-order valence-corrected chi connectivity index (χ2v) is 9.08. The van der Waals surface area contributed by atoms with Gasteiger partial charge in [-0.05, 0) is 43.0 Å². The minimum Gasteiger partial charge on any atom is -0.492 e. The molecule has 1 aromatic carbocycles. The predicted octanol–water partition coefficient (Wildman–Crippen LogP) is 2.28. The molecular weight excluding hydrogens is 396 g/mol. The number of piperidine rings is 1. The lowest BCUT2D eigenvalue weighted by Gasteiger charge is -2.29. The molecule has 9 heteroatoms. The number of hydrogen-bond acceptors (Lipinski definition) is 6. The van der Waals surface area contributed by atoms with E-state index in [0.29, 0.717) is 37.1 Å². The zero-order chi connectivity index (χ0) is 20.9. The number of ether oxygens (including phenoxy) is 1. The number of aromatic nitrogens is 1. The van der Waals surface area contributed by atoms with Gasteiger partial charge in [0.15, 0.2) is 9.84 Å². The van der Waals surface area contributed by atoms with Crippen LogP contribution >= 0.6 is 0 Å². The molecule has 156 valence electrons. The summed E-state index contributed by atoms with van der Waals surface area (Å²) in [4.78, 5) is 16.9. The molecule has 1 amide bonds. The third-order valence-electron chi connectivity index (χ3n) is 4.98. The molecule has 0 aliphatic carbocycles. The molecule has 2 aromatic rings. The maximum Gasteiger partial charge on any atom is 0.407 e. The van der Waals surface area contributed by atoms with Crippen LogP contribution in [0.25, 0.3) is 11.3 Å². The van der Waals surface area contributed by atoms with Crippen molar-refractivity contribution in [3.05, 3.63) is 42.6 Å². The van der Waals surface area contributed by atoms with Crippen molar-refractivity contribution in [2.75, 3.05) is 32.1 Å². The van der Waals surface area contributed by atoms with E-state index in [1.165, 1.54) is 17.0 Å². The number of nitrogens with zero attached hydrogens (tertiary/aromatic N) is 2. The topological polar surface area (TPSA) is 117 Å². The molecular formula is C20H24N2O6S. The van der Waals surface area contributed by atoms with Gasteiger partial charge in [0.05, 0.1) is 35.8 Å². The van der Waals surface area contributed by atoms with Crippen LogP contribution in [0.3, 0.4) is 0 Å². The Labute approximate surface area is 169 Å². The summed E-state index contributed by atoms with van der Waals surface area (Å²) in [6.45, 7) is 1.17. The van der Waals surface area contributed by atoms with Gasteiger partial charge in [-0.15, -0.1) is 0 Å². The van der Waals surface area contributed by atoms with Crippen molar-refractivity contribution < 1.29 is 28.2 Å². The first kappa shape index (κ1) is 21.1. The second-order valence-electron chi connectivity index (χ2n) is 6.97. The predicted molar refractivity (Wildman–Crippen MR) is 107 cm³/mol. The Morgan fingerprint density at radius 2 is 1.83 bits per heavy atom. The third kappa shape index (κ3) is 5.45. The van der Waals surface area contributed by atoms with Gasteiger partial charge in [-0.25, -0.2) is 13.2 Å². The Hall–Kier alpha value is -2.65. The molecule has 1 aliphatic heterocycles. The summed E-state index contributed by atoms with van der Waals surface area (Å²) >= 11 is 0. The van der Waals surface area contributed by atoms with Crippen molar-refractivity contribution in [3.8, 4) is 17.0 Å². The summed E-state index contributed by atoms with van der Waals surface area (Å²) in [5.41, 5.74) is 1.47. The van der Waals surface area contributed by atoms with Gasteiger partial charge in [-0.2, -0.15) is 0 Å². The van der Waals surface area contributed by atoms with Crippen LogP contribution in [-0.4, -0.2) is 66.7 Å². The van der Waals surface area contributed by atoms with Crippen molar-refractivity contribution in [3.63, 3.8) is 0 Å². The van der Waals surface area contributed by atoms with Crippen LogP contribution in [-0.2, 0) is 9.84 Å². The molecule has 2 heterocycles. The second kappa shape index (κ2) is 9.23. The average Bonchev–Trinajstić information content (AvgIpc) is 2.73. The molecule has 0 unspecified atom stereocenters. The standard InChI is InChI=1S/C20H24N2O6S/c23-11-12-29(26,27)18-4-1-16(2-5-18)19-6-3-17(13-21-19)28-14-15-7-9-22(10-8-15)20(24)25/h1-6,13,15,23H,7-12,14H2,(H,24,25). The highest BCUT2D eigenvalue weighted by Crippen LogP contribution is 2.23. The fraction of sp³-hybridized carbons (Fsp3) is 0.400. The smallest absolute Gasteiger partial charge is 0.407 e. The lowest BCUT2D eigenvalue weighted by Crippen LogP contribution is -2.38. The quantitative estimate of drug-likeness (QED) is 0.706. The highest BCUT2D eigenvalue weighted by atomic mass is 32.2. The molecule has 2 N–H and O–H groups in total. The number of aliphatic hydroxyl groups is 1. The summed E-state index contributed by atoms with van der Waals surface area (Å²) in [7, 11) is -3.47. The summed E-state index contributed by atoms with van der Waals surface area (Å²) in [5.74, 6) is 0.654. The largest absolute Gasteiger partial charge is 0.492 e. The van der Waals surface area contributed by atoms with E-state index in [0.717, 1.165) is 18.4 Å². The minimum atomic E-state index is -3.47. The molecule has 0 bridgehead atoms. The van der Waals surface area contributed by atoms with Crippen LogP contribution < -0.4 is 4.74 Å². The van der Waals surface area contributed by atoms with E-state index < -0.39 is 22.5 Å². The number of sulfone groups is 1. The van der Waals surface area contributed by atoms with Crippen LogP contribution in [0.15, 0.2) is 47.5 Å². The Morgan fingerprint density at radius 1 is 1.14 bits per heavy atom. The van der Waals surface area contributed by atoms with E-state index in [9.17, 15) is 13.2 Å². The number of benzene rings is 1. The first-order valence-corrected chi connectivity index (χ1v) is 11.0. The van der Waals surface area contributed by atoms with Crippen LogP contribution in [0.1, 0.15) is 12.8 Å². The van der Waals surface area contributed by atoms with Crippen molar-refractivity contribution in [1.82, 2.24) is 9.88 Å².